The first-order valence-electron chi connectivity index (χ1n) is 7.26. The van der Waals surface area contributed by atoms with Crippen molar-refractivity contribution >= 4 is 5.69 Å². The van der Waals surface area contributed by atoms with Crippen LogP contribution in [0, 0.1) is 12.7 Å². The molecule has 0 aliphatic heterocycles. The Labute approximate surface area is 118 Å². The molecule has 2 aromatic rings. The van der Waals surface area contributed by atoms with Gasteiger partial charge in [-0.2, -0.15) is 5.10 Å². The van der Waals surface area contributed by atoms with Crippen LogP contribution in [0.25, 0.3) is 0 Å². The van der Waals surface area contributed by atoms with E-state index in [9.17, 15) is 4.39 Å². The van der Waals surface area contributed by atoms with E-state index in [-0.39, 0.29) is 5.82 Å². The fourth-order valence-electron chi connectivity index (χ4n) is 2.86. The minimum atomic E-state index is -0.196. The predicted molar refractivity (Wildman–Crippen MR) is 78.2 cm³/mol. The number of halogens is 1. The van der Waals surface area contributed by atoms with Gasteiger partial charge in [0.15, 0.2) is 0 Å². The molecule has 3 nitrogen and oxygen atoms in total. The lowest BCUT2D eigenvalue weighted by molar-refractivity contribution is 0.463. The number of aryl methyl sites for hydroxylation is 1. The summed E-state index contributed by atoms with van der Waals surface area (Å²) in [4.78, 5) is 0. The van der Waals surface area contributed by atoms with E-state index in [1.807, 2.05) is 6.92 Å². The molecule has 4 heteroatoms. The van der Waals surface area contributed by atoms with E-state index < -0.39 is 0 Å². The molecular weight excluding hydrogens is 253 g/mol. The molecule has 1 saturated carbocycles. The molecule has 0 atom stereocenters. The van der Waals surface area contributed by atoms with E-state index in [2.05, 4.69) is 27.4 Å². The number of benzene rings is 1. The Morgan fingerprint density at radius 2 is 2.10 bits per heavy atom. The Morgan fingerprint density at radius 3 is 2.85 bits per heavy atom. The van der Waals surface area contributed by atoms with Crippen molar-refractivity contribution < 1.29 is 4.39 Å². The van der Waals surface area contributed by atoms with Crippen molar-refractivity contribution in [2.45, 2.75) is 45.2 Å². The SMILES string of the molecule is Cc1cc(F)ccc1NCc1ccn(C2CCCC2)n1. The second kappa shape index (κ2) is 5.65. The minimum absolute atomic E-state index is 0.196. The van der Waals surface area contributed by atoms with Gasteiger partial charge in [0.25, 0.3) is 0 Å². The molecule has 0 saturated heterocycles. The molecule has 1 fully saturated rings. The summed E-state index contributed by atoms with van der Waals surface area (Å²) >= 11 is 0. The Kier molecular flexibility index (Phi) is 3.72. The zero-order valence-electron chi connectivity index (χ0n) is 11.8. The number of hydrogen-bond donors (Lipinski definition) is 1. The molecular formula is C16H20FN3. The third-order valence-corrected chi connectivity index (χ3v) is 4.01. The number of rotatable bonds is 4. The first kappa shape index (κ1) is 13.2. The van der Waals surface area contributed by atoms with Crippen LogP contribution in [0.2, 0.25) is 0 Å². The van der Waals surface area contributed by atoms with E-state index in [1.165, 1.54) is 31.7 Å². The first-order valence-corrected chi connectivity index (χ1v) is 7.26. The highest BCUT2D eigenvalue weighted by Gasteiger charge is 2.17. The molecule has 1 aromatic heterocycles. The Morgan fingerprint density at radius 1 is 1.30 bits per heavy atom. The summed E-state index contributed by atoms with van der Waals surface area (Å²) in [5, 5.41) is 7.95. The van der Waals surface area contributed by atoms with E-state index in [1.54, 1.807) is 12.1 Å². The standard InChI is InChI=1S/C16H20FN3/c1-12-10-13(17)6-7-16(12)18-11-14-8-9-20(19-14)15-4-2-3-5-15/h6-10,15,18H,2-5,11H2,1H3. The molecule has 3 rings (SSSR count). The molecule has 106 valence electrons. The molecule has 1 aromatic carbocycles. The molecule has 1 heterocycles. The molecule has 0 spiro atoms. The zero-order chi connectivity index (χ0) is 13.9. The summed E-state index contributed by atoms with van der Waals surface area (Å²) < 4.78 is 15.1. The largest absolute Gasteiger partial charge is 0.379 e. The summed E-state index contributed by atoms with van der Waals surface area (Å²) in [5.74, 6) is -0.196. The molecule has 20 heavy (non-hydrogen) atoms. The van der Waals surface area contributed by atoms with Crippen LogP contribution in [-0.4, -0.2) is 9.78 Å². The monoisotopic (exact) mass is 273 g/mol. The summed E-state index contributed by atoms with van der Waals surface area (Å²) in [6.45, 7) is 2.58. The fourth-order valence-corrected chi connectivity index (χ4v) is 2.86. The Hall–Kier alpha value is -1.84. The van der Waals surface area contributed by atoms with Crippen LogP contribution >= 0.6 is 0 Å². The van der Waals surface area contributed by atoms with Crippen LogP contribution < -0.4 is 5.32 Å². The molecule has 0 unspecified atom stereocenters. The second-order valence-electron chi connectivity index (χ2n) is 5.54. The lowest BCUT2D eigenvalue weighted by Crippen LogP contribution is -2.07. The van der Waals surface area contributed by atoms with Crippen molar-refractivity contribution in [3.8, 4) is 0 Å². The maximum Gasteiger partial charge on any atom is 0.123 e. The quantitative estimate of drug-likeness (QED) is 0.910. The molecule has 0 amide bonds. The first-order chi connectivity index (χ1) is 9.72. The lowest BCUT2D eigenvalue weighted by Gasteiger charge is -2.10. The Balaban J connectivity index is 1.63. The normalized spacial score (nSPS) is 15.7. The average molecular weight is 273 g/mol. The van der Waals surface area contributed by atoms with Crippen LogP contribution in [0.15, 0.2) is 30.5 Å². The minimum Gasteiger partial charge on any atom is -0.379 e. The van der Waals surface area contributed by atoms with Crippen LogP contribution in [-0.2, 0) is 6.54 Å². The smallest absolute Gasteiger partial charge is 0.123 e. The third kappa shape index (κ3) is 2.84. The lowest BCUT2D eigenvalue weighted by atomic mass is 10.2. The van der Waals surface area contributed by atoms with Gasteiger partial charge in [-0.25, -0.2) is 4.39 Å². The van der Waals surface area contributed by atoms with Gasteiger partial charge >= 0.3 is 0 Å². The van der Waals surface area contributed by atoms with Crippen molar-refractivity contribution in [1.82, 2.24) is 9.78 Å². The number of nitrogens with one attached hydrogen (secondary N) is 1. The highest BCUT2D eigenvalue weighted by Crippen LogP contribution is 2.28. The van der Waals surface area contributed by atoms with Crippen molar-refractivity contribution in [3.05, 3.63) is 47.5 Å². The van der Waals surface area contributed by atoms with E-state index >= 15 is 0 Å². The average Bonchev–Trinajstić information content (AvgIpc) is 3.08. The molecule has 0 bridgehead atoms. The van der Waals surface area contributed by atoms with Crippen LogP contribution in [0.5, 0.6) is 0 Å². The van der Waals surface area contributed by atoms with Crippen molar-refractivity contribution in [2.24, 2.45) is 0 Å². The van der Waals surface area contributed by atoms with Gasteiger partial charge in [0.05, 0.1) is 18.3 Å². The highest BCUT2D eigenvalue weighted by atomic mass is 19.1. The second-order valence-corrected chi connectivity index (χ2v) is 5.54. The molecule has 1 N–H and O–H groups in total. The van der Waals surface area contributed by atoms with E-state index in [0.717, 1.165) is 16.9 Å². The van der Waals surface area contributed by atoms with Gasteiger partial charge in [-0.15, -0.1) is 0 Å². The maximum atomic E-state index is 13.0. The maximum absolute atomic E-state index is 13.0. The summed E-state index contributed by atoms with van der Waals surface area (Å²) in [5.41, 5.74) is 2.91. The Bertz CT molecular complexity index is 585. The summed E-state index contributed by atoms with van der Waals surface area (Å²) in [6, 6.07) is 7.44. The van der Waals surface area contributed by atoms with Crippen LogP contribution in [0.3, 0.4) is 0 Å². The molecule has 0 radical (unpaired) electrons. The van der Waals surface area contributed by atoms with Gasteiger partial charge in [-0.3, -0.25) is 4.68 Å². The van der Waals surface area contributed by atoms with Gasteiger partial charge in [0.1, 0.15) is 5.82 Å². The molecule has 1 aliphatic rings. The van der Waals surface area contributed by atoms with Crippen LogP contribution in [0.1, 0.15) is 43.0 Å². The van der Waals surface area contributed by atoms with Gasteiger partial charge in [0, 0.05) is 11.9 Å². The van der Waals surface area contributed by atoms with E-state index in [4.69, 9.17) is 0 Å². The topological polar surface area (TPSA) is 29.9 Å². The zero-order valence-corrected chi connectivity index (χ0v) is 11.8. The number of hydrogen-bond acceptors (Lipinski definition) is 2. The van der Waals surface area contributed by atoms with Gasteiger partial charge in [-0.05, 0) is 49.6 Å². The van der Waals surface area contributed by atoms with Crippen molar-refractivity contribution in [3.63, 3.8) is 0 Å². The van der Waals surface area contributed by atoms with Crippen LogP contribution in [0.4, 0.5) is 10.1 Å². The van der Waals surface area contributed by atoms with Gasteiger partial charge in [-0.1, -0.05) is 12.8 Å². The number of aromatic nitrogens is 2. The number of anilines is 1. The summed E-state index contributed by atoms with van der Waals surface area (Å²) in [7, 11) is 0. The van der Waals surface area contributed by atoms with E-state index in [0.29, 0.717) is 12.6 Å². The highest BCUT2D eigenvalue weighted by molar-refractivity contribution is 5.50. The van der Waals surface area contributed by atoms with Crippen molar-refractivity contribution in [2.75, 3.05) is 5.32 Å². The third-order valence-electron chi connectivity index (χ3n) is 4.01. The molecule has 1 aliphatic carbocycles. The van der Waals surface area contributed by atoms with Gasteiger partial charge in [0.2, 0.25) is 0 Å². The predicted octanol–water partition coefficient (Wildman–Crippen LogP) is 4.06. The fraction of sp³-hybridized carbons (Fsp3) is 0.438. The summed E-state index contributed by atoms with van der Waals surface area (Å²) in [6.07, 6.45) is 7.18. The van der Waals surface area contributed by atoms with Crippen molar-refractivity contribution in [1.29, 1.82) is 0 Å². The number of nitrogens with zero attached hydrogens (tertiary/aromatic N) is 2. The van der Waals surface area contributed by atoms with Gasteiger partial charge < -0.3 is 5.32 Å².